The van der Waals surface area contributed by atoms with Gasteiger partial charge >= 0.3 is 5.69 Å². The Hall–Kier alpha value is -2.94. The van der Waals surface area contributed by atoms with Crippen LogP contribution in [0.4, 0.5) is 23.0 Å². The van der Waals surface area contributed by atoms with Gasteiger partial charge in [-0.05, 0) is 30.7 Å². The number of benzene rings is 1. The molecule has 0 amide bonds. The van der Waals surface area contributed by atoms with E-state index in [-0.39, 0.29) is 17.3 Å². The Morgan fingerprint density at radius 2 is 2.05 bits per heavy atom. The highest BCUT2D eigenvalue weighted by Crippen LogP contribution is 2.32. The lowest BCUT2D eigenvalue weighted by molar-refractivity contribution is -0.383. The second-order valence-corrected chi connectivity index (χ2v) is 4.13. The minimum Gasteiger partial charge on any atom is -0.497 e. The van der Waals surface area contributed by atoms with Crippen molar-refractivity contribution in [3.8, 4) is 5.75 Å². The van der Waals surface area contributed by atoms with Gasteiger partial charge in [-0.15, -0.1) is 0 Å². The number of nitro groups is 1. The van der Waals surface area contributed by atoms with Gasteiger partial charge in [-0.25, -0.2) is 15.8 Å². The highest BCUT2D eigenvalue weighted by atomic mass is 16.6. The number of ether oxygens (including phenoxy) is 1. The summed E-state index contributed by atoms with van der Waals surface area (Å²) in [6.45, 7) is 1.85. The Bertz CT molecular complexity index is 676. The molecule has 4 N–H and O–H groups in total. The van der Waals surface area contributed by atoms with Crippen LogP contribution in [-0.4, -0.2) is 22.0 Å². The molecular formula is C12H14N6O3. The van der Waals surface area contributed by atoms with Crippen LogP contribution in [0.5, 0.6) is 5.75 Å². The normalized spacial score (nSPS) is 10.0. The summed E-state index contributed by atoms with van der Waals surface area (Å²) < 4.78 is 5.11. The molecule has 1 heterocycles. The van der Waals surface area contributed by atoms with Crippen LogP contribution in [0.15, 0.2) is 24.5 Å². The number of methoxy groups -OCH3 is 1. The van der Waals surface area contributed by atoms with Gasteiger partial charge < -0.3 is 15.5 Å². The average Bonchev–Trinajstić information content (AvgIpc) is 2.48. The monoisotopic (exact) mass is 290 g/mol. The van der Waals surface area contributed by atoms with E-state index in [0.29, 0.717) is 11.4 Å². The second-order valence-electron chi connectivity index (χ2n) is 4.13. The molecule has 9 nitrogen and oxygen atoms in total. The van der Waals surface area contributed by atoms with Crippen molar-refractivity contribution in [1.29, 1.82) is 0 Å². The second kappa shape index (κ2) is 6.01. The Labute approximate surface area is 120 Å². The summed E-state index contributed by atoms with van der Waals surface area (Å²) in [5, 5.41) is 14.1. The van der Waals surface area contributed by atoms with Gasteiger partial charge in [0, 0.05) is 5.69 Å². The highest BCUT2D eigenvalue weighted by Gasteiger charge is 2.22. The molecule has 0 fully saturated rings. The Balaban J connectivity index is 2.42. The zero-order valence-electron chi connectivity index (χ0n) is 11.5. The van der Waals surface area contributed by atoms with E-state index >= 15 is 0 Å². The van der Waals surface area contributed by atoms with Gasteiger partial charge in [-0.2, -0.15) is 0 Å². The Morgan fingerprint density at radius 3 is 2.62 bits per heavy atom. The summed E-state index contributed by atoms with van der Waals surface area (Å²) in [5.74, 6) is 5.91. The lowest BCUT2D eigenvalue weighted by atomic mass is 10.2. The van der Waals surface area contributed by atoms with Crippen LogP contribution in [0.25, 0.3) is 0 Å². The fourth-order valence-corrected chi connectivity index (χ4v) is 1.78. The molecule has 0 saturated carbocycles. The molecule has 1 aromatic carbocycles. The smallest absolute Gasteiger partial charge is 0.354 e. The van der Waals surface area contributed by atoms with Crippen molar-refractivity contribution in [2.75, 3.05) is 17.9 Å². The molecule has 0 saturated heterocycles. The third kappa shape index (κ3) is 2.98. The van der Waals surface area contributed by atoms with E-state index in [9.17, 15) is 10.1 Å². The van der Waals surface area contributed by atoms with E-state index in [2.05, 4.69) is 20.7 Å². The van der Waals surface area contributed by atoms with E-state index in [1.54, 1.807) is 25.3 Å². The lowest BCUT2D eigenvalue weighted by Gasteiger charge is -2.11. The van der Waals surface area contributed by atoms with Crippen molar-refractivity contribution in [3.63, 3.8) is 0 Å². The van der Waals surface area contributed by atoms with Gasteiger partial charge in [-0.3, -0.25) is 10.1 Å². The molecule has 0 aliphatic rings. The number of hydrogen-bond donors (Lipinski definition) is 3. The maximum Gasteiger partial charge on any atom is 0.354 e. The van der Waals surface area contributed by atoms with E-state index in [4.69, 9.17) is 10.6 Å². The number of hydrazine groups is 1. The minimum absolute atomic E-state index is 0.0521. The molecule has 9 heteroatoms. The first-order valence-electron chi connectivity index (χ1n) is 5.94. The molecule has 1 aromatic heterocycles. The van der Waals surface area contributed by atoms with Crippen LogP contribution in [-0.2, 0) is 0 Å². The zero-order valence-corrected chi connectivity index (χ0v) is 11.5. The molecule has 0 bridgehead atoms. The van der Waals surface area contributed by atoms with Crippen molar-refractivity contribution in [2.45, 2.75) is 6.92 Å². The average molecular weight is 290 g/mol. The van der Waals surface area contributed by atoms with E-state index in [1.165, 1.54) is 6.33 Å². The summed E-state index contributed by atoms with van der Waals surface area (Å²) in [6.07, 6.45) is 1.18. The van der Waals surface area contributed by atoms with Gasteiger partial charge in [0.25, 0.3) is 0 Å². The summed E-state index contributed by atoms with van der Waals surface area (Å²) >= 11 is 0. The molecule has 0 aliphatic carbocycles. The first kappa shape index (κ1) is 14.5. The molecule has 0 aliphatic heterocycles. The van der Waals surface area contributed by atoms with Gasteiger partial charge in [0.05, 0.1) is 12.0 Å². The van der Waals surface area contributed by atoms with E-state index in [0.717, 1.165) is 5.56 Å². The first-order chi connectivity index (χ1) is 10.1. The topological polar surface area (TPSA) is 128 Å². The van der Waals surface area contributed by atoms with Crippen molar-refractivity contribution < 1.29 is 9.66 Å². The number of anilines is 3. The number of hydrogen-bond acceptors (Lipinski definition) is 8. The third-order valence-electron chi connectivity index (χ3n) is 2.83. The molecule has 0 unspecified atom stereocenters. The Morgan fingerprint density at radius 1 is 1.33 bits per heavy atom. The van der Waals surface area contributed by atoms with Crippen LogP contribution < -0.4 is 21.3 Å². The van der Waals surface area contributed by atoms with Crippen LogP contribution >= 0.6 is 0 Å². The number of nitrogens with zero attached hydrogens (tertiary/aromatic N) is 3. The number of aromatic nitrogens is 2. The fourth-order valence-electron chi connectivity index (χ4n) is 1.78. The molecule has 0 radical (unpaired) electrons. The summed E-state index contributed by atoms with van der Waals surface area (Å²) in [4.78, 5) is 18.2. The van der Waals surface area contributed by atoms with E-state index < -0.39 is 4.92 Å². The summed E-state index contributed by atoms with van der Waals surface area (Å²) in [7, 11) is 1.57. The predicted molar refractivity (Wildman–Crippen MR) is 77.5 cm³/mol. The molecule has 0 atom stereocenters. The number of aryl methyl sites for hydroxylation is 1. The zero-order chi connectivity index (χ0) is 15.4. The van der Waals surface area contributed by atoms with Crippen molar-refractivity contribution in [2.24, 2.45) is 5.84 Å². The number of nitrogen functional groups attached to an aromatic ring is 1. The summed E-state index contributed by atoms with van der Waals surface area (Å²) in [6, 6.07) is 5.29. The van der Waals surface area contributed by atoms with Gasteiger partial charge in [-0.1, -0.05) is 0 Å². The van der Waals surface area contributed by atoms with Gasteiger partial charge in [0.2, 0.25) is 11.6 Å². The SMILES string of the molecule is COc1ccc(Nc2ncnc(NN)c2[N+](=O)[O-])c(C)c1. The van der Waals surface area contributed by atoms with Crippen molar-refractivity contribution >= 4 is 23.0 Å². The van der Waals surface area contributed by atoms with Gasteiger partial charge in [0.1, 0.15) is 12.1 Å². The van der Waals surface area contributed by atoms with Gasteiger partial charge in [0.15, 0.2) is 0 Å². The molecule has 110 valence electrons. The molecule has 2 aromatic rings. The molecule has 0 spiro atoms. The standard InChI is InChI=1S/C12H14N6O3/c1-7-5-8(21-2)3-4-9(7)16-11-10(18(19)20)12(17-13)15-6-14-11/h3-6H,13H2,1-2H3,(H2,14,15,16,17). The lowest BCUT2D eigenvalue weighted by Crippen LogP contribution is -2.13. The molecule has 2 rings (SSSR count). The third-order valence-corrected chi connectivity index (χ3v) is 2.83. The number of nitrogens with two attached hydrogens (primary N) is 1. The Kier molecular flexibility index (Phi) is 4.14. The van der Waals surface area contributed by atoms with E-state index in [1.807, 2.05) is 6.92 Å². The van der Waals surface area contributed by atoms with Crippen molar-refractivity contribution in [1.82, 2.24) is 9.97 Å². The van der Waals surface area contributed by atoms with Crippen LogP contribution in [0.2, 0.25) is 0 Å². The maximum atomic E-state index is 11.1. The molecule has 21 heavy (non-hydrogen) atoms. The van der Waals surface area contributed by atoms with Crippen LogP contribution in [0.3, 0.4) is 0 Å². The van der Waals surface area contributed by atoms with Crippen LogP contribution in [0.1, 0.15) is 5.56 Å². The number of nitrogens with one attached hydrogen (secondary N) is 2. The fraction of sp³-hybridized carbons (Fsp3) is 0.167. The first-order valence-corrected chi connectivity index (χ1v) is 5.94. The summed E-state index contributed by atoms with van der Waals surface area (Å²) in [5.41, 5.74) is 3.38. The minimum atomic E-state index is -0.601. The maximum absolute atomic E-state index is 11.1. The molecular weight excluding hydrogens is 276 g/mol. The predicted octanol–water partition coefficient (Wildman–Crippen LogP) is 1.73. The van der Waals surface area contributed by atoms with Crippen LogP contribution in [0, 0.1) is 17.0 Å². The highest BCUT2D eigenvalue weighted by molar-refractivity contribution is 5.74. The number of rotatable bonds is 5. The quantitative estimate of drug-likeness (QED) is 0.431. The van der Waals surface area contributed by atoms with Crippen molar-refractivity contribution in [3.05, 3.63) is 40.2 Å². The largest absolute Gasteiger partial charge is 0.497 e.